The predicted octanol–water partition coefficient (Wildman–Crippen LogP) is -0.424. The Labute approximate surface area is 162 Å². The van der Waals surface area contributed by atoms with Crippen molar-refractivity contribution in [3.05, 3.63) is 31.4 Å². The lowest BCUT2D eigenvalue weighted by molar-refractivity contribution is 0.0871. The number of halogens is 1. The number of methoxy groups -OCH3 is 1. The molecule has 154 valence electrons. The van der Waals surface area contributed by atoms with Crippen LogP contribution in [0.25, 0.3) is 11.3 Å². The van der Waals surface area contributed by atoms with E-state index in [-0.39, 0.29) is 17.3 Å². The second kappa shape index (κ2) is 7.15. The molecule has 1 aromatic heterocycles. The first-order valence-electron chi connectivity index (χ1n) is 10.2. The van der Waals surface area contributed by atoms with Crippen LogP contribution in [0.5, 0.6) is 0 Å². The Balaban J connectivity index is 1.94. The van der Waals surface area contributed by atoms with E-state index in [2.05, 4.69) is 11.9 Å². The number of alkyl halides is 1. The highest BCUT2D eigenvalue weighted by Gasteiger charge is 2.42. The third kappa shape index (κ3) is 2.93. The number of hydrogen-bond donors (Lipinski definition) is 2. The minimum atomic E-state index is -1.39. The number of aromatic amines is 1. The first kappa shape index (κ1) is 19.4. The fourth-order valence-electron chi connectivity index (χ4n) is 4.87. The average Bonchev–Trinajstić information content (AvgIpc) is 3.48. The number of piperidine rings is 1. The molecule has 1 saturated carbocycles. The van der Waals surface area contributed by atoms with Gasteiger partial charge in [0, 0.05) is 18.6 Å². The summed E-state index contributed by atoms with van der Waals surface area (Å²) in [5.41, 5.74) is 5.70. The Morgan fingerprint density at radius 2 is 2.00 bits per heavy atom. The van der Waals surface area contributed by atoms with E-state index in [0.717, 1.165) is 25.7 Å². The van der Waals surface area contributed by atoms with Crippen LogP contribution in [0.15, 0.2) is 9.59 Å². The minimum Gasteiger partial charge on any atom is -0.497 e. The molecule has 7 nitrogen and oxygen atoms in total. The van der Waals surface area contributed by atoms with Crippen molar-refractivity contribution >= 4 is 11.3 Å². The van der Waals surface area contributed by atoms with Gasteiger partial charge in [0.25, 0.3) is 5.56 Å². The molecule has 1 saturated heterocycles. The highest BCUT2D eigenvalue weighted by atomic mass is 19.1. The number of nitrogens with two attached hydrogens (primary N) is 1. The molecule has 3 N–H and O–H groups in total. The normalized spacial score (nSPS) is 31.0. The molecular formula is C20H29FN4O3. The summed E-state index contributed by atoms with van der Waals surface area (Å²) in [6.07, 6.45) is 2.24. The second-order valence-corrected chi connectivity index (χ2v) is 8.30. The molecule has 2 aliphatic carbocycles. The predicted molar refractivity (Wildman–Crippen MR) is 105 cm³/mol. The Morgan fingerprint density at radius 1 is 1.29 bits per heavy atom. The molecule has 0 aromatic carbocycles. The van der Waals surface area contributed by atoms with Crippen molar-refractivity contribution in [2.24, 2.45) is 11.7 Å². The van der Waals surface area contributed by atoms with Gasteiger partial charge < -0.3 is 10.5 Å². The zero-order valence-electron chi connectivity index (χ0n) is 16.7. The SMILES string of the molecule is CCC1CCN(C2C(OC)=c3c(c(=O)[nH]c(=O)n3C3CC3)=C(C)C2F)CC1N. The number of fused-ring (bicyclic) bond motifs is 1. The summed E-state index contributed by atoms with van der Waals surface area (Å²) in [7, 11) is 1.49. The quantitative estimate of drug-likeness (QED) is 0.726. The second-order valence-electron chi connectivity index (χ2n) is 8.30. The lowest BCUT2D eigenvalue weighted by Gasteiger charge is -2.43. The van der Waals surface area contributed by atoms with Gasteiger partial charge in [-0.25, -0.2) is 9.18 Å². The number of rotatable bonds is 4. The fourth-order valence-corrected chi connectivity index (χ4v) is 4.87. The van der Waals surface area contributed by atoms with Gasteiger partial charge in [-0.1, -0.05) is 13.3 Å². The van der Waals surface area contributed by atoms with Gasteiger partial charge in [-0.05, 0) is 44.2 Å². The molecular weight excluding hydrogens is 363 g/mol. The van der Waals surface area contributed by atoms with Crippen LogP contribution in [0.3, 0.4) is 0 Å². The third-order valence-corrected chi connectivity index (χ3v) is 6.62. The molecule has 4 atom stereocenters. The largest absolute Gasteiger partial charge is 0.497 e. The maximum atomic E-state index is 15.6. The smallest absolute Gasteiger partial charge is 0.329 e. The van der Waals surface area contributed by atoms with E-state index in [4.69, 9.17) is 10.5 Å². The molecule has 8 heteroatoms. The van der Waals surface area contributed by atoms with E-state index in [1.807, 2.05) is 4.90 Å². The minimum absolute atomic E-state index is 0.0287. The number of hydrogen-bond acceptors (Lipinski definition) is 5. The van der Waals surface area contributed by atoms with Gasteiger partial charge >= 0.3 is 5.69 Å². The first-order valence-corrected chi connectivity index (χ1v) is 10.2. The van der Waals surface area contributed by atoms with Crippen molar-refractivity contribution in [3.63, 3.8) is 0 Å². The number of H-pyrrole nitrogens is 1. The molecule has 1 aromatic rings. The molecule has 2 heterocycles. The zero-order valence-corrected chi connectivity index (χ0v) is 16.7. The van der Waals surface area contributed by atoms with Gasteiger partial charge in [-0.2, -0.15) is 0 Å². The number of nitrogens with zero attached hydrogens (tertiary/aromatic N) is 2. The van der Waals surface area contributed by atoms with Crippen LogP contribution in [0, 0.1) is 5.92 Å². The van der Waals surface area contributed by atoms with Crippen molar-refractivity contribution in [2.75, 3.05) is 20.2 Å². The topological polar surface area (TPSA) is 93.3 Å². The molecule has 28 heavy (non-hydrogen) atoms. The molecule has 0 radical (unpaired) electrons. The lowest BCUT2D eigenvalue weighted by atomic mass is 9.87. The molecule has 3 aliphatic rings. The molecule has 2 fully saturated rings. The highest BCUT2D eigenvalue weighted by Crippen LogP contribution is 2.33. The van der Waals surface area contributed by atoms with Gasteiger partial charge in [0.2, 0.25) is 0 Å². The Bertz CT molecular complexity index is 1010. The van der Waals surface area contributed by atoms with Crippen LogP contribution in [0.1, 0.15) is 45.6 Å². The number of likely N-dealkylation sites (tertiary alicyclic amines) is 1. The van der Waals surface area contributed by atoms with Gasteiger partial charge in [0.15, 0.2) is 0 Å². The summed E-state index contributed by atoms with van der Waals surface area (Å²) in [6, 6.07) is -0.677. The van der Waals surface area contributed by atoms with E-state index < -0.39 is 23.5 Å². The maximum absolute atomic E-state index is 15.6. The molecule has 0 amide bonds. The van der Waals surface area contributed by atoms with E-state index in [1.54, 1.807) is 11.5 Å². The van der Waals surface area contributed by atoms with Crippen molar-refractivity contribution in [1.82, 2.24) is 14.5 Å². The van der Waals surface area contributed by atoms with Gasteiger partial charge in [-0.15, -0.1) is 0 Å². The van der Waals surface area contributed by atoms with Crippen LogP contribution in [0.2, 0.25) is 0 Å². The van der Waals surface area contributed by atoms with Gasteiger partial charge in [0.05, 0.1) is 17.7 Å². The molecule has 1 aliphatic heterocycles. The van der Waals surface area contributed by atoms with Gasteiger partial charge in [-0.3, -0.25) is 19.2 Å². The highest BCUT2D eigenvalue weighted by molar-refractivity contribution is 5.60. The summed E-state index contributed by atoms with van der Waals surface area (Å²) in [5.74, 6) is 0.791. The van der Waals surface area contributed by atoms with Crippen LogP contribution in [-0.2, 0) is 4.74 Å². The number of aromatic nitrogens is 2. The van der Waals surface area contributed by atoms with E-state index >= 15 is 4.39 Å². The van der Waals surface area contributed by atoms with Gasteiger partial charge in [0.1, 0.15) is 18.0 Å². The zero-order chi connectivity index (χ0) is 20.2. The van der Waals surface area contributed by atoms with Crippen LogP contribution >= 0.6 is 0 Å². The Kier molecular flexibility index (Phi) is 4.95. The van der Waals surface area contributed by atoms with Crippen LogP contribution in [0.4, 0.5) is 4.39 Å². The molecule has 4 unspecified atom stereocenters. The fraction of sp³-hybridized carbons (Fsp3) is 0.700. The van der Waals surface area contributed by atoms with Crippen molar-refractivity contribution in [1.29, 1.82) is 0 Å². The lowest BCUT2D eigenvalue weighted by Crippen LogP contribution is -2.63. The summed E-state index contributed by atoms with van der Waals surface area (Å²) < 4.78 is 22.9. The number of nitrogens with one attached hydrogen (secondary N) is 1. The molecule has 0 bridgehead atoms. The summed E-state index contributed by atoms with van der Waals surface area (Å²) >= 11 is 0. The van der Waals surface area contributed by atoms with Crippen molar-refractivity contribution in [3.8, 4) is 0 Å². The van der Waals surface area contributed by atoms with E-state index in [0.29, 0.717) is 35.7 Å². The van der Waals surface area contributed by atoms with E-state index in [1.165, 1.54) is 7.11 Å². The molecule has 4 rings (SSSR count). The summed E-state index contributed by atoms with van der Waals surface area (Å²) in [5, 5.41) is 0.682. The maximum Gasteiger partial charge on any atom is 0.329 e. The van der Waals surface area contributed by atoms with Crippen molar-refractivity contribution in [2.45, 2.75) is 63.8 Å². The summed E-state index contributed by atoms with van der Waals surface area (Å²) in [4.78, 5) is 29.5. The van der Waals surface area contributed by atoms with Crippen molar-refractivity contribution < 1.29 is 9.13 Å². The first-order chi connectivity index (χ1) is 13.4. The van der Waals surface area contributed by atoms with Crippen LogP contribution in [-0.4, -0.2) is 52.9 Å². The Morgan fingerprint density at radius 3 is 2.57 bits per heavy atom. The average molecular weight is 392 g/mol. The monoisotopic (exact) mass is 392 g/mol. The Hall–Kier alpha value is -1.93. The van der Waals surface area contributed by atoms with E-state index in [9.17, 15) is 9.59 Å². The summed E-state index contributed by atoms with van der Waals surface area (Å²) in [6.45, 7) is 5.04. The number of ether oxygens (including phenoxy) is 1. The standard InChI is InChI=1S/C20H29FN4O3/c1-4-11-7-8-24(9-13(11)22)17-15(21)10(2)14-16(18(17)28-3)25(12-5-6-12)20(27)23-19(14)26/h11-13,15,17H,4-9,22H2,1-3H3,(H,23,26,27). The van der Waals surface area contributed by atoms with Crippen LogP contribution < -0.4 is 27.6 Å². The molecule has 0 spiro atoms. The third-order valence-electron chi connectivity index (χ3n) is 6.62.